The molecule has 208 valence electrons. The Morgan fingerprint density at radius 1 is 0.975 bits per heavy atom. The van der Waals surface area contributed by atoms with Gasteiger partial charge in [0.1, 0.15) is 6.10 Å². The van der Waals surface area contributed by atoms with Crippen molar-refractivity contribution >= 4 is 10.9 Å². The lowest BCUT2D eigenvalue weighted by molar-refractivity contribution is -0.272. The van der Waals surface area contributed by atoms with Gasteiger partial charge in [0.05, 0.1) is 24.3 Å². The van der Waals surface area contributed by atoms with E-state index in [-0.39, 0.29) is 17.1 Å². The predicted molar refractivity (Wildman–Crippen MR) is 145 cm³/mol. The molecule has 5 rings (SSSR count). The van der Waals surface area contributed by atoms with Crippen molar-refractivity contribution < 1.29 is 27.8 Å². The van der Waals surface area contributed by atoms with E-state index in [9.17, 15) is 23.5 Å². The van der Waals surface area contributed by atoms with Crippen molar-refractivity contribution in [2.75, 3.05) is 26.7 Å². The van der Waals surface area contributed by atoms with Crippen LogP contribution in [0.2, 0.25) is 0 Å². The number of methoxy groups -OCH3 is 1. The SMILES string of the molecule is COc1ccccc1OC1CCN(CC(O)(c2cn(Cc3ccccc3)c3cc(C#N)ccc23)C(F)(F)F)CC1. The van der Waals surface area contributed by atoms with Gasteiger partial charge < -0.3 is 19.1 Å². The van der Waals surface area contributed by atoms with Crippen LogP contribution in [-0.2, 0) is 12.1 Å². The summed E-state index contributed by atoms with van der Waals surface area (Å²) in [5.41, 5.74) is -1.65. The zero-order valence-electron chi connectivity index (χ0n) is 22.1. The zero-order valence-corrected chi connectivity index (χ0v) is 22.1. The van der Waals surface area contributed by atoms with E-state index >= 15 is 0 Å². The number of aromatic nitrogens is 1. The van der Waals surface area contributed by atoms with E-state index in [4.69, 9.17) is 9.47 Å². The number of aliphatic hydroxyl groups is 1. The van der Waals surface area contributed by atoms with Crippen LogP contribution >= 0.6 is 0 Å². The van der Waals surface area contributed by atoms with Crippen LogP contribution < -0.4 is 9.47 Å². The fourth-order valence-corrected chi connectivity index (χ4v) is 5.33. The summed E-state index contributed by atoms with van der Waals surface area (Å²) >= 11 is 0. The van der Waals surface area contributed by atoms with E-state index in [0.717, 1.165) is 5.56 Å². The zero-order chi connectivity index (χ0) is 28.3. The molecule has 1 fully saturated rings. The Morgan fingerprint density at radius 3 is 2.30 bits per heavy atom. The topological polar surface area (TPSA) is 70.7 Å². The first-order valence-electron chi connectivity index (χ1n) is 13.1. The van der Waals surface area contributed by atoms with Gasteiger partial charge in [-0.2, -0.15) is 18.4 Å². The summed E-state index contributed by atoms with van der Waals surface area (Å²) in [6.07, 6.45) is -2.72. The Balaban J connectivity index is 1.41. The van der Waals surface area contributed by atoms with Gasteiger partial charge in [-0.3, -0.25) is 4.90 Å². The molecule has 0 spiro atoms. The Kier molecular flexibility index (Phi) is 7.74. The summed E-state index contributed by atoms with van der Waals surface area (Å²) < 4.78 is 57.3. The Hall–Kier alpha value is -4.00. The van der Waals surface area contributed by atoms with Crippen LogP contribution in [0.4, 0.5) is 13.2 Å². The fourth-order valence-electron chi connectivity index (χ4n) is 5.33. The fraction of sp³-hybridized carbons (Fsp3) is 0.323. The molecule has 1 aliphatic heterocycles. The summed E-state index contributed by atoms with van der Waals surface area (Å²) in [6, 6.07) is 23.2. The largest absolute Gasteiger partial charge is 0.493 e. The molecule has 2 heterocycles. The molecular weight excluding hydrogens is 519 g/mol. The highest BCUT2D eigenvalue weighted by molar-refractivity contribution is 5.86. The molecule has 1 saturated heterocycles. The maximum Gasteiger partial charge on any atom is 0.422 e. The molecular formula is C31H30F3N3O3. The smallest absolute Gasteiger partial charge is 0.422 e. The molecule has 1 unspecified atom stereocenters. The van der Waals surface area contributed by atoms with Gasteiger partial charge in [0, 0.05) is 43.3 Å². The van der Waals surface area contributed by atoms with Crippen LogP contribution in [0, 0.1) is 11.3 Å². The molecule has 1 aromatic heterocycles. The second-order valence-electron chi connectivity index (χ2n) is 10.1. The molecule has 3 aromatic carbocycles. The molecule has 0 aliphatic carbocycles. The average molecular weight is 550 g/mol. The molecule has 0 radical (unpaired) electrons. The minimum absolute atomic E-state index is 0.177. The van der Waals surface area contributed by atoms with Crippen LogP contribution in [0.3, 0.4) is 0 Å². The van der Waals surface area contributed by atoms with Crippen molar-refractivity contribution in [1.29, 1.82) is 5.26 Å². The number of para-hydroxylation sites is 2. The number of fused-ring (bicyclic) bond motifs is 1. The van der Waals surface area contributed by atoms with E-state index in [2.05, 4.69) is 6.07 Å². The lowest BCUT2D eigenvalue weighted by Gasteiger charge is -2.39. The summed E-state index contributed by atoms with van der Waals surface area (Å²) in [4.78, 5) is 1.64. The summed E-state index contributed by atoms with van der Waals surface area (Å²) in [5, 5.41) is 21.1. The minimum Gasteiger partial charge on any atom is -0.493 e. The van der Waals surface area contributed by atoms with Gasteiger partial charge in [-0.15, -0.1) is 0 Å². The maximum absolute atomic E-state index is 14.7. The van der Waals surface area contributed by atoms with Crippen LogP contribution in [0.5, 0.6) is 11.5 Å². The number of rotatable bonds is 8. The first-order valence-corrected chi connectivity index (χ1v) is 13.1. The molecule has 0 amide bonds. The van der Waals surface area contributed by atoms with E-state index in [0.29, 0.717) is 55.1 Å². The van der Waals surface area contributed by atoms with Gasteiger partial charge in [0.25, 0.3) is 0 Å². The monoisotopic (exact) mass is 549 g/mol. The molecule has 1 N–H and O–H groups in total. The number of piperidine rings is 1. The number of hydrogen-bond acceptors (Lipinski definition) is 5. The predicted octanol–water partition coefficient (Wildman–Crippen LogP) is 5.86. The van der Waals surface area contributed by atoms with Crippen molar-refractivity contribution in [2.45, 2.75) is 37.3 Å². The van der Waals surface area contributed by atoms with E-state index < -0.39 is 18.3 Å². The average Bonchev–Trinajstić information content (AvgIpc) is 3.32. The van der Waals surface area contributed by atoms with Crippen molar-refractivity contribution in [3.63, 3.8) is 0 Å². The van der Waals surface area contributed by atoms with Gasteiger partial charge in [-0.25, -0.2) is 0 Å². The van der Waals surface area contributed by atoms with Gasteiger partial charge in [-0.05, 0) is 42.7 Å². The van der Waals surface area contributed by atoms with Gasteiger partial charge in [0.15, 0.2) is 11.5 Å². The number of halogens is 3. The molecule has 40 heavy (non-hydrogen) atoms. The highest BCUT2D eigenvalue weighted by atomic mass is 19.4. The van der Waals surface area contributed by atoms with Gasteiger partial charge >= 0.3 is 6.18 Å². The van der Waals surface area contributed by atoms with Crippen LogP contribution in [0.25, 0.3) is 10.9 Å². The molecule has 0 saturated carbocycles. The van der Waals surface area contributed by atoms with Gasteiger partial charge in [0.2, 0.25) is 5.60 Å². The van der Waals surface area contributed by atoms with Crippen LogP contribution in [0.1, 0.15) is 29.5 Å². The Morgan fingerprint density at radius 2 is 1.65 bits per heavy atom. The number of benzene rings is 3. The van der Waals surface area contributed by atoms with Gasteiger partial charge in [-0.1, -0.05) is 48.5 Å². The quantitative estimate of drug-likeness (QED) is 0.298. The van der Waals surface area contributed by atoms with Crippen molar-refractivity contribution in [1.82, 2.24) is 9.47 Å². The third kappa shape index (κ3) is 5.51. The highest BCUT2D eigenvalue weighted by Crippen LogP contribution is 2.44. The highest BCUT2D eigenvalue weighted by Gasteiger charge is 2.57. The number of hydrogen-bond donors (Lipinski definition) is 1. The second kappa shape index (κ2) is 11.2. The van der Waals surface area contributed by atoms with E-state index in [1.807, 2.05) is 42.5 Å². The Labute approximate surface area is 230 Å². The number of nitriles is 1. The lowest BCUT2D eigenvalue weighted by atomic mass is 9.90. The first kappa shape index (κ1) is 27.6. The maximum atomic E-state index is 14.7. The number of β-amino-alcohol motifs (C(OH)–C–C–N with tert-alkyl or cyclic N) is 1. The third-order valence-corrected chi connectivity index (χ3v) is 7.47. The molecule has 1 aliphatic rings. The Bertz CT molecular complexity index is 1510. The molecule has 1 atom stereocenters. The van der Waals surface area contributed by atoms with Crippen molar-refractivity contribution in [3.8, 4) is 17.6 Å². The third-order valence-electron chi connectivity index (χ3n) is 7.47. The molecule has 0 bridgehead atoms. The van der Waals surface area contributed by atoms with E-state index in [1.54, 1.807) is 34.8 Å². The number of likely N-dealkylation sites (tertiary alicyclic amines) is 1. The summed E-state index contributed by atoms with van der Waals surface area (Å²) in [7, 11) is 1.56. The standard InChI is InChI=1S/C31H30F3N3O3/c1-39-28-9-5-6-10-29(28)40-24-13-15-36(16-14-24)21-30(38,31(32,33)34)26-20-37(19-22-7-3-2-4-8-22)27-17-23(18-35)11-12-25(26)27/h2-12,17,20,24,38H,13-16,19,21H2,1H3. The van der Waals surface area contributed by atoms with E-state index in [1.165, 1.54) is 18.3 Å². The first-order chi connectivity index (χ1) is 19.2. The van der Waals surface area contributed by atoms with Crippen LogP contribution in [0.15, 0.2) is 79.0 Å². The second-order valence-corrected chi connectivity index (χ2v) is 10.1. The molecule has 9 heteroatoms. The lowest BCUT2D eigenvalue weighted by Crippen LogP contribution is -2.53. The number of alkyl halides is 3. The van der Waals surface area contributed by atoms with Crippen molar-refractivity contribution in [3.05, 3.63) is 95.7 Å². The normalized spacial score (nSPS) is 16.4. The molecule has 6 nitrogen and oxygen atoms in total. The summed E-state index contributed by atoms with van der Waals surface area (Å²) in [5.74, 6) is 1.20. The molecule has 4 aromatic rings. The van der Waals surface area contributed by atoms with Crippen LogP contribution in [-0.4, -0.2) is 53.6 Å². The number of ether oxygens (including phenoxy) is 2. The summed E-state index contributed by atoms with van der Waals surface area (Å²) in [6.45, 7) is 0.354. The number of nitrogens with zero attached hydrogens (tertiary/aromatic N) is 3. The van der Waals surface area contributed by atoms with Crippen molar-refractivity contribution in [2.24, 2.45) is 0 Å². The minimum atomic E-state index is -4.93.